The number of carbonyl (C=O) groups is 1. The van der Waals surface area contributed by atoms with Gasteiger partial charge in [0.1, 0.15) is 0 Å². The fraction of sp³-hybridized carbons (Fsp3) is 0.438. The van der Waals surface area contributed by atoms with E-state index in [0.29, 0.717) is 5.75 Å². The van der Waals surface area contributed by atoms with E-state index in [9.17, 15) is 4.79 Å². The van der Waals surface area contributed by atoms with Crippen LogP contribution in [-0.2, 0) is 4.79 Å². The minimum absolute atomic E-state index is 0.187. The minimum atomic E-state index is 0.187. The van der Waals surface area contributed by atoms with Crippen LogP contribution in [0.2, 0.25) is 0 Å². The number of nitrogens with zero attached hydrogens (tertiary/aromatic N) is 1. The van der Waals surface area contributed by atoms with E-state index >= 15 is 0 Å². The maximum absolute atomic E-state index is 12.4. The van der Waals surface area contributed by atoms with Crippen molar-refractivity contribution in [3.8, 4) is 0 Å². The lowest BCUT2D eigenvalue weighted by molar-refractivity contribution is -0.126. The Bertz CT molecular complexity index is 525. The standard InChI is InChI=1S/C16H22N2OS/c1-3-18(14-6-4-5-7-14)16(19)11-20-15-10-13(17)9-8-12(15)2/h6,8-10H,3-5,7,11,17H2,1-2H3. The zero-order valence-electron chi connectivity index (χ0n) is 12.2. The lowest BCUT2D eigenvalue weighted by atomic mass is 10.2. The van der Waals surface area contributed by atoms with Gasteiger partial charge in [-0.25, -0.2) is 0 Å². The van der Waals surface area contributed by atoms with Crippen LogP contribution in [0.5, 0.6) is 0 Å². The number of nitrogen functional groups attached to an aromatic ring is 1. The molecule has 20 heavy (non-hydrogen) atoms. The van der Waals surface area contributed by atoms with E-state index in [1.165, 1.54) is 17.7 Å². The first-order valence-electron chi connectivity index (χ1n) is 7.10. The predicted octanol–water partition coefficient (Wildman–Crippen LogP) is 3.59. The highest BCUT2D eigenvalue weighted by Gasteiger charge is 2.18. The van der Waals surface area contributed by atoms with E-state index in [1.807, 2.05) is 36.9 Å². The first kappa shape index (κ1) is 15.0. The molecule has 0 heterocycles. The van der Waals surface area contributed by atoms with E-state index < -0.39 is 0 Å². The molecule has 0 spiro atoms. The van der Waals surface area contributed by atoms with Gasteiger partial charge in [-0.1, -0.05) is 12.1 Å². The van der Waals surface area contributed by atoms with Crippen LogP contribution in [-0.4, -0.2) is 23.1 Å². The van der Waals surface area contributed by atoms with Crippen molar-refractivity contribution in [2.24, 2.45) is 0 Å². The van der Waals surface area contributed by atoms with Gasteiger partial charge >= 0.3 is 0 Å². The molecule has 1 aliphatic carbocycles. The molecule has 108 valence electrons. The molecule has 0 unspecified atom stereocenters. The number of aryl methyl sites for hydroxylation is 1. The van der Waals surface area contributed by atoms with Crippen LogP contribution >= 0.6 is 11.8 Å². The summed E-state index contributed by atoms with van der Waals surface area (Å²) < 4.78 is 0. The summed E-state index contributed by atoms with van der Waals surface area (Å²) in [5.74, 6) is 0.655. The van der Waals surface area contributed by atoms with Crippen molar-refractivity contribution in [1.29, 1.82) is 0 Å². The summed E-state index contributed by atoms with van der Waals surface area (Å²) in [5, 5.41) is 0. The molecule has 0 saturated carbocycles. The predicted molar refractivity (Wildman–Crippen MR) is 85.6 cm³/mol. The van der Waals surface area contributed by atoms with E-state index in [1.54, 1.807) is 11.8 Å². The number of nitrogens with two attached hydrogens (primary N) is 1. The number of allylic oxidation sites excluding steroid dienone is 2. The van der Waals surface area contributed by atoms with Crippen molar-refractivity contribution in [3.63, 3.8) is 0 Å². The van der Waals surface area contributed by atoms with Crippen molar-refractivity contribution < 1.29 is 4.79 Å². The third-order valence-electron chi connectivity index (χ3n) is 3.54. The fourth-order valence-electron chi connectivity index (χ4n) is 2.43. The molecular formula is C16H22N2OS. The summed E-state index contributed by atoms with van der Waals surface area (Å²) in [6.45, 7) is 4.83. The monoisotopic (exact) mass is 290 g/mol. The molecular weight excluding hydrogens is 268 g/mol. The number of amides is 1. The van der Waals surface area contributed by atoms with E-state index in [2.05, 4.69) is 6.08 Å². The van der Waals surface area contributed by atoms with Gasteiger partial charge in [-0.15, -0.1) is 11.8 Å². The Kier molecular flexibility index (Phi) is 5.12. The van der Waals surface area contributed by atoms with Crippen molar-refractivity contribution in [2.75, 3.05) is 18.0 Å². The average molecular weight is 290 g/mol. The molecule has 2 N–H and O–H groups in total. The number of thioether (sulfide) groups is 1. The van der Waals surface area contributed by atoms with Gasteiger partial charge in [0, 0.05) is 22.8 Å². The zero-order valence-corrected chi connectivity index (χ0v) is 13.0. The Morgan fingerprint density at radius 1 is 1.45 bits per heavy atom. The van der Waals surface area contributed by atoms with Crippen molar-refractivity contribution >= 4 is 23.4 Å². The largest absolute Gasteiger partial charge is 0.399 e. The summed E-state index contributed by atoms with van der Waals surface area (Å²) in [6.07, 6.45) is 5.49. The zero-order chi connectivity index (χ0) is 14.5. The number of anilines is 1. The van der Waals surface area contributed by atoms with Crippen molar-refractivity contribution in [1.82, 2.24) is 4.90 Å². The third-order valence-corrected chi connectivity index (χ3v) is 4.69. The minimum Gasteiger partial charge on any atom is -0.399 e. The van der Waals surface area contributed by atoms with Crippen LogP contribution in [0, 0.1) is 6.92 Å². The van der Waals surface area contributed by atoms with Crippen LogP contribution in [0.4, 0.5) is 5.69 Å². The molecule has 0 radical (unpaired) electrons. The normalized spacial score (nSPS) is 14.2. The van der Waals surface area contributed by atoms with Gasteiger partial charge < -0.3 is 10.6 Å². The average Bonchev–Trinajstić information content (AvgIpc) is 2.94. The second-order valence-corrected chi connectivity index (χ2v) is 6.06. The Balaban J connectivity index is 1.98. The van der Waals surface area contributed by atoms with E-state index in [0.717, 1.165) is 30.0 Å². The topological polar surface area (TPSA) is 46.3 Å². The highest BCUT2D eigenvalue weighted by atomic mass is 32.2. The number of rotatable bonds is 5. The van der Waals surface area contributed by atoms with E-state index in [-0.39, 0.29) is 5.91 Å². The number of hydrogen-bond acceptors (Lipinski definition) is 3. The molecule has 1 aliphatic rings. The lowest BCUT2D eigenvalue weighted by Gasteiger charge is -2.22. The molecule has 0 saturated heterocycles. The molecule has 0 aliphatic heterocycles. The van der Waals surface area contributed by atoms with Crippen LogP contribution in [0.3, 0.4) is 0 Å². The van der Waals surface area contributed by atoms with E-state index in [4.69, 9.17) is 5.73 Å². The Labute approximate surface area is 125 Å². The van der Waals surface area contributed by atoms with Crippen molar-refractivity contribution in [3.05, 3.63) is 35.5 Å². The Morgan fingerprint density at radius 2 is 2.25 bits per heavy atom. The molecule has 1 aromatic rings. The number of hydrogen-bond donors (Lipinski definition) is 1. The first-order chi connectivity index (χ1) is 9.61. The van der Waals surface area contributed by atoms with Crippen LogP contribution < -0.4 is 5.73 Å². The molecule has 0 fully saturated rings. The number of carbonyl (C=O) groups excluding carboxylic acids is 1. The summed E-state index contributed by atoms with van der Waals surface area (Å²) in [7, 11) is 0. The molecule has 0 aromatic heterocycles. The van der Waals surface area contributed by atoms with Crippen LogP contribution in [0.15, 0.2) is 34.9 Å². The highest BCUT2D eigenvalue weighted by Crippen LogP contribution is 2.27. The molecule has 2 rings (SSSR count). The Morgan fingerprint density at radius 3 is 2.90 bits per heavy atom. The van der Waals surface area contributed by atoms with Gasteiger partial charge in [-0.2, -0.15) is 0 Å². The van der Waals surface area contributed by atoms with Crippen LogP contribution in [0.1, 0.15) is 31.7 Å². The van der Waals surface area contributed by atoms with Gasteiger partial charge in [0.05, 0.1) is 5.75 Å². The molecule has 1 amide bonds. The quantitative estimate of drug-likeness (QED) is 0.666. The maximum Gasteiger partial charge on any atom is 0.237 e. The van der Waals surface area contributed by atoms with Crippen molar-refractivity contribution in [2.45, 2.75) is 38.0 Å². The second-order valence-electron chi connectivity index (χ2n) is 5.04. The summed E-state index contributed by atoms with van der Waals surface area (Å²) in [4.78, 5) is 15.4. The maximum atomic E-state index is 12.4. The number of benzene rings is 1. The lowest BCUT2D eigenvalue weighted by Crippen LogP contribution is -2.31. The Hall–Kier alpha value is -1.42. The first-order valence-corrected chi connectivity index (χ1v) is 8.08. The summed E-state index contributed by atoms with van der Waals surface area (Å²) >= 11 is 1.57. The van der Waals surface area contributed by atoms with Gasteiger partial charge in [-0.05, 0) is 50.8 Å². The van der Waals surface area contributed by atoms with Crippen LogP contribution in [0.25, 0.3) is 0 Å². The molecule has 4 heteroatoms. The summed E-state index contributed by atoms with van der Waals surface area (Å²) in [6, 6.07) is 5.83. The van der Waals surface area contributed by atoms with Gasteiger partial charge in [0.15, 0.2) is 0 Å². The molecule has 1 aromatic carbocycles. The highest BCUT2D eigenvalue weighted by molar-refractivity contribution is 8.00. The van der Waals surface area contributed by atoms with Gasteiger partial charge in [0.25, 0.3) is 0 Å². The fourth-order valence-corrected chi connectivity index (χ4v) is 3.38. The SMILES string of the molecule is CCN(C(=O)CSc1cc(N)ccc1C)C1=CCCC1. The smallest absolute Gasteiger partial charge is 0.237 e. The van der Waals surface area contributed by atoms with Gasteiger partial charge in [0.2, 0.25) is 5.91 Å². The molecule has 0 bridgehead atoms. The second kappa shape index (κ2) is 6.84. The van der Waals surface area contributed by atoms with Gasteiger partial charge in [-0.3, -0.25) is 4.79 Å². The summed E-state index contributed by atoms with van der Waals surface area (Å²) in [5.41, 5.74) is 8.91. The molecule has 3 nitrogen and oxygen atoms in total. The third kappa shape index (κ3) is 3.57. The molecule has 0 atom stereocenters.